The second kappa shape index (κ2) is 8.57. The number of rotatable bonds is 1. The monoisotopic (exact) mass is 519 g/mol. The average Bonchev–Trinajstić information content (AvgIpc) is 3.49. The molecule has 3 aromatic heterocycles. The van der Waals surface area contributed by atoms with Crippen molar-refractivity contribution in [1.29, 1.82) is 0 Å². The molecule has 196 valence electrons. The first-order valence-electron chi connectivity index (χ1n) is 12.2. The molecule has 0 saturated heterocycles. The number of hydrogen-bond donors (Lipinski definition) is 1. The lowest BCUT2D eigenvalue weighted by Crippen LogP contribution is -2.38. The second-order valence-electron chi connectivity index (χ2n) is 10.5. The molecule has 11 heteroatoms. The fourth-order valence-electron chi connectivity index (χ4n) is 5.04. The fraction of sp³-hybridized carbons (Fsp3) is 0.333. The number of anilines is 1. The Morgan fingerprint density at radius 3 is 2.63 bits per heavy atom. The third kappa shape index (κ3) is 3.94. The third-order valence-corrected chi connectivity index (χ3v) is 6.65. The van der Waals surface area contributed by atoms with Crippen LogP contribution in [-0.4, -0.2) is 44.5 Å². The van der Waals surface area contributed by atoms with E-state index < -0.39 is 17.5 Å². The Labute approximate surface area is 217 Å². The van der Waals surface area contributed by atoms with Crippen LogP contribution in [0.4, 0.5) is 15.0 Å². The van der Waals surface area contributed by atoms with Crippen LogP contribution in [0.2, 0.25) is 0 Å². The highest BCUT2D eigenvalue weighted by atomic mass is 19.1. The second-order valence-corrected chi connectivity index (χ2v) is 10.5. The topological polar surface area (TPSA) is 111 Å². The Morgan fingerprint density at radius 2 is 1.89 bits per heavy atom. The Bertz CT molecular complexity index is 1650. The Hall–Kier alpha value is -4.41. The molecule has 0 unspecified atom stereocenters. The smallest absolute Gasteiger partial charge is 0.416 e. The summed E-state index contributed by atoms with van der Waals surface area (Å²) in [5.74, 6) is 0.547. The molecule has 4 aromatic rings. The van der Waals surface area contributed by atoms with Gasteiger partial charge < -0.3 is 19.2 Å². The SMILES string of the molecule is Cc1[nH]c(=O)ccc1-c1cc2c(n3cnnc13)N(C(=O)OC(C)(C)C)Cc1c(F)ccc3c1[C@H](CO3)CO2. The summed E-state index contributed by atoms with van der Waals surface area (Å²) in [4.78, 5) is 29.7. The summed E-state index contributed by atoms with van der Waals surface area (Å²) in [5, 5.41) is 8.41. The number of nitrogens with zero attached hydrogens (tertiary/aromatic N) is 4. The van der Waals surface area contributed by atoms with Crippen LogP contribution >= 0.6 is 0 Å². The molecule has 5 heterocycles. The zero-order valence-electron chi connectivity index (χ0n) is 21.4. The summed E-state index contributed by atoms with van der Waals surface area (Å²) < 4.78 is 34.9. The average molecular weight is 520 g/mol. The van der Waals surface area contributed by atoms with Gasteiger partial charge in [-0.05, 0) is 52.0 Å². The largest absolute Gasteiger partial charge is 0.493 e. The van der Waals surface area contributed by atoms with Gasteiger partial charge in [-0.25, -0.2) is 9.18 Å². The number of ether oxygens (including phenoxy) is 3. The fourth-order valence-corrected chi connectivity index (χ4v) is 5.04. The van der Waals surface area contributed by atoms with Crippen LogP contribution in [0, 0.1) is 12.7 Å². The van der Waals surface area contributed by atoms with E-state index in [9.17, 15) is 9.59 Å². The lowest BCUT2D eigenvalue weighted by Gasteiger charge is -2.29. The van der Waals surface area contributed by atoms with Crippen molar-refractivity contribution in [2.45, 2.75) is 45.8 Å². The van der Waals surface area contributed by atoms with Gasteiger partial charge in [0.1, 0.15) is 23.5 Å². The molecule has 0 aliphatic carbocycles. The minimum atomic E-state index is -0.807. The number of aromatic nitrogens is 4. The molecule has 6 rings (SSSR count). The van der Waals surface area contributed by atoms with Crippen LogP contribution < -0.4 is 19.9 Å². The molecule has 1 N–H and O–H groups in total. The van der Waals surface area contributed by atoms with E-state index in [2.05, 4.69) is 15.2 Å². The van der Waals surface area contributed by atoms with Crippen molar-refractivity contribution < 1.29 is 23.4 Å². The van der Waals surface area contributed by atoms with E-state index in [4.69, 9.17) is 14.2 Å². The van der Waals surface area contributed by atoms with Gasteiger partial charge in [-0.15, -0.1) is 10.2 Å². The van der Waals surface area contributed by atoms with Crippen LogP contribution in [0.15, 0.2) is 41.5 Å². The molecule has 0 spiro atoms. The number of hydrogen-bond acceptors (Lipinski definition) is 7. The zero-order chi connectivity index (χ0) is 26.8. The van der Waals surface area contributed by atoms with Crippen LogP contribution in [0.3, 0.4) is 0 Å². The van der Waals surface area contributed by atoms with E-state index in [1.807, 2.05) is 0 Å². The van der Waals surface area contributed by atoms with Gasteiger partial charge in [0.2, 0.25) is 5.56 Å². The van der Waals surface area contributed by atoms with Gasteiger partial charge in [0.05, 0.1) is 25.7 Å². The summed E-state index contributed by atoms with van der Waals surface area (Å²) in [5.41, 5.74) is 2.42. The Morgan fingerprint density at radius 1 is 1.13 bits per heavy atom. The highest BCUT2D eigenvalue weighted by molar-refractivity contribution is 5.92. The molecule has 0 bridgehead atoms. The molecule has 1 amide bonds. The van der Waals surface area contributed by atoms with Crippen molar-refractivity contribution in [3.63, 3.8) is 0 Å². The molecule has 2 aliphatic heterocycles. The van der Waals surface area contributed by atoms with Gasteiger partial charge in [-0.3, -0.25) is 14.1 Å². The van der Waals surface area contributed by atoms with Crippen LogP contribution in [0.5, 0.6) is 11.5 Å². The van der Waals surface area contributed by atoms with E-state index in [0.29, 0.717) is 52.0 Å². The van der Waals surface area contributed by atoms with Gasteiger partial charge in [0.25, 0.3) is 0 Å². The minimum absolute atomic E-state index is 0.121. The van der Waals surface area contributed by atoms with Crippen molar-refractivity contribution in [1.82, 2.24) is 19.6 Å². The third-order valence-electron chi connectivity index (χ3n) is 6.65. The van der Waals surface area contributed by atoms with Crippen molar-refractivity contribution in [3.8, 4) is 22.6 Å². The first-order chi connectivity index (χ1) is 18.1. The van der Waals surface area contributed by atoms with E-state index in [0.717, 1.165) is 5.56 Å². The predicted octanol–water partition coefficient (Wildman–Crippen LogP) is 4.34. The number of carbonyl (C=O) groups is 1. The number of aromatic amines is 1. The van der Waals surface area contributed by atoms with E-state index in [1.54, 1.807) is 50.3 Å². The van der Waals surface area contributed by atoms with Crippen LogP contribution in [0.1, 0.15) is 43.5 Å². The van der Waals surface area contributed by atoms with Crippen LogP contribution in [-0.2, 0) is 11.3 Å². The first kappa shape index (κ1) is 24.0. The number of halogens is 1. The maximum atomic E-state index is 15.3. The highest BCUT2D eigenvalue weighted by Crippen LogP contribution is 2.44. The molecular formula is C27H26FN5O5. The number of pyridine rings is 2. The first-order valence-corrected chi connectivity index (χ1v) is 12.2. The molecule has 1 atom stereocenters. The number of benzene rings is 1. The summed E-state index contributed by atoms with van der Waals surface area (Å²) >= 11 is 0. The number of fused-ring (bicyclic) bond motifs is 3. The van der Waals surface area contributed by atoms with Gasteiger partial charge >= 0.3 is 6.09 Å². The highest BCUT2D eigenvalue weighted by Gasteiger charge is 2.37. The zero-order valence-corrected chi connectivity index (χ0v) is 21.4. The van der Waals surface area contributed by atoms with Gasteiger partial charge in [-0.1, -0.05) is 0 Å². The summed E-state index contributed by atoms with van der Waals surface area (Å²) in [6, 6.07) is 7.85. The standard InChI is InChI=1S/C27H26FN5O5/c1-14-16(5-8-22(34)30-14)17-9-21-25(33-13-29-31-24(17)33)32(26(35)38-27(2,3)4)10-18-19(28)6-7-20-23(18)15(11-36-20)12-37-21/h5-9,13,15H,10-12H2,1-4H3,(H,30,34)/t15-/m1/s1. The van der Waals surface area contributed by atoms with E-state index in [1.165, 1.54) is 23.4 Å². The molecule has 10 nitrogen and oxygen atoms in total. The van der Waals surface area contributed by atoms with Gasteiger partial charge in [0.15, 0.2) is 17.2 Å². The van der Waals surface area contributed by atoms with Crippen molar-refractivity contribution in [2.75, 3.05) is 18.1 Å². The summed E-state index contributed by atoms with van der Waals surface area (Å²) in [6.07, 6.45) is 0.789. The lowest BCUT2D eigenvalue weighted by molar-refractivity contribution is 0.0574. The quantitative estimate of drug-likeness (QED) is 0.398. The van der Waals surface area contributed by atoms with Crippen molar-refractivity contribution in [2.24, 2.45) is 0 Å². The Balaban J connectivity index is 1.61. The molecule has 1 aromatic carbocycles. The molecule has 0 fully saturated rings. The minimum Gasteiger partial charge on any atom is -0.493 e. The molecule has 0 saturated carbocycles. The summed E-state index contributed by atoms with van der Waals surface area (Å²) in [7, 11) is 0. The molecule has 0 radical (unpaired) electrons. The molecular weight excluding hydrogens is 493 g/mol. The number of carbonyl (C=O) groups excluding carboxylic acids is 1. The lowest BCUT2D eigenvalue weighted by atomic mass is 9.95. The molecule has 2 aliphatic rings. The van der Waals surface area contributed by atoms with Crippen molar-refractivity contribution in [3.05, 3.63) is 69.7 Å². The summed E-state index contributed by atoms with van der Waals surface area (Å²) in [6.45, 7) is 7.48. The van der Waals surface area contributed by atoms with Crippen molar-refractivity contribution >= 4 is 17.6 Å². The number of H-pyrrole nitrogens is 1. The van der Waals surface area contributed by atoms with E-state index in [-0.39, 0.29) is 24.6 Å². The maximum Gasteiger partial charge on any atom is 0.416 e. The number of nitrogens with one attached hydrogen (secondary N) is 1. The number of amides is 1. The maximum absolute atomic E-state index is 15.3. The van der Waals surface area contributed by atoms with Gasteiger partial charge in [0, 0.05) is 34.0 Å². The molecule has 38 heavy (non-hydrogen) atoms. The van der Waals surface area contributed by atoms with E-state index >= 15 is 4.39 Å². The predicted molar refractivity (Wildman–Crippen MR) is 136 cm³/mol. The van der Waals surface area contributed by atoms with Crippen LogP contribution in [0.25, 0.3) is 16.8 Å². The number of aryl methyl sites for hydroxylation is 1. The van der Waals surface area contributed by atoms with Gasteiger partial charge in [-0.2, -0.15) is 0 Å². The Kier molecular flexibility index (Phi) is 5.41. The normalized spacial score (nSPS) is 16.6.